The average molecular weight is 358 g/mol. The number of anilines is 1. The number of nitrogens with zero attached hydrogens (tertiary/aromatic N) is 1. The Labute approximate surface area is 149 Å². The number of ether oxygens (including phenoxy) is 1. The van der Waals surface area contributed by atoms with E-state index in [0.29, 0.717) is 22.2 Å². The van der Waals surface area contributed by atoms with E-state index in [-0.39, 0.29) is 24.5 Å². The molecule has 1 aliphatic heterocycles. The summed E-state index contributed by atoms with van der Waals surface area (Å²) in [4.78, 5) is 23.5. The first kappa shape index (κ1) is 17.0. The van der Waals surface area contributed by atoms with Gasteiger partial charge in [0, 0.05) is 17.9 Å². The molecular formula is C18H16ClN3O3. The van der Waals surface area contributed by atoms with Crippen molar-refractivity contribution in [3.63, 3.8) is 0 Å². The van der Waals surface area contributed by atoms with Crippen molar-refractivity contribution in [2.45, 2.75) is 19.8 Å². The maximum absolute atomic E-state index is 12.4. The summed E-state index contributed by atoms with van der Waals surface area (Å²) in [7, 11) is 0. The zero-order valence-electron chi connectivity index (χ0n) is 13.5. The van der Waals surface area contributed by atoms with Crippen LogP contribution in [0.3, 0.4) is 0 Å². The molecule has 6 nitrogen and oxygen atoms in total. The van der Waals surface area contributed by atoms with Crippen LogP contribution in [0.5, 0.6) is 11.5 Å². The first-order valence-electron chi connectivity index (χ1n) is 7.72. The minimum Gasteiger partial charge on any atom is -0.455 e. The molecule has 1 heterocycles. The normalized spacial score (nSPS) is 13.7. The zero-order valence-corrected chi connectivity index (χ0v) is 14.3. The van der Waals surface area contributed by atoms with Crippen molar-refractivity contribution in [1.29, 1.82) is 0 Å². The molecule has 0 saturated carbocycles. The highest BCUT2D eigenvalue weighted by molar-refractivity contribution is 6.43. The van der Waals surface area contributed by atoms with Crippen LogP contribution < -0.4 is 15.5 Å². The number of aryl methyl sites for hydroxylation is 1. The van der Waals surface area contributed by atoms with Gasteiger partial charge in [-0.1, -0.05) is 23.7 Å². The Balaban J connectivity index is 1.82. The number of amides is 2. The topological polar surface area (TPSA) is 79.8 Å². The molecule has 7 heteroatoms. The second-order valence-corrected chi connectivity index (χ2v) is 6.04. The van der Waals surface area contributed by atoms with Crippen molar-refractivity contribution >= 4 is 34.8 Å². The van der Waals surface area contributed by atoms with Crippen LogP contribution in [0, 0.1) is 6.92 Å². The van der Waals surface area contributed by atoms with Gasteiger partial charge in [0.25, 0.3) is 5.91 Å². The third-order valence-corrected chi connectivity index (χ3v) is 3.81. The van der Waals surface area contributed by atoms with Gasteiger partial charge >= 0.3 is 0 Å². The number of hydrazone groups is 1. The van der Waals surface area contributed by atoms with Crippen LogP contribution >= 0.6 is 11.6 Å². The van der Waals surface area contributed by atoms with Crippen LogP contribution in [0.2, 0.25) is 5.02 Å². The zero-order chi connectivity index (χ0) is 17.8. The van der Waals surface area contributed by atoms with E-state index in [4.69, 9.17) is 16.3 Å². The Hall–Kier alpha value is -2.86. The predicted molar refractivity (Wildman–Crippen MR) is 96.1 cm³/mol. The minimum atomic E-state index is -0.406. The van der Waals surface area contributed by atoms with Crippen LogP contribution in [-0.2, 0) is 9.59 Å². The molecule has 0 unspecified atom stereocenters. The molecule has 3 rings (SSSR count). The molecule has 0 atom stereocenters. The SMILES string of the molecule is Cc1cccc(Oc2ccc(Cl)cc2NC(=O)C2=NNC(=O)CC2)c1. The predicted octanol–water partition coefficient (Wildman–Crippen LogP) is 3.65. The highest BCUT2D eigenvalue weighted by atomic mass is 35.5. The average Bonchev–Trinajstić information content (AvgIpc) is 2.58. The third kappa shape index (κ3) is 4.36. The molecule has 1 aliphatic rings. The number of carbonyl (C=O) groups excluding carboxylic acids is 2. The van der Waals surface area contributed by atoms with Crippen molar-refractivity contribution in [2.75, 3.05) is 5.32 Å². The van der Waals surface area contributed by atoms with E-state index in [9.17, 15) is 9.59 Å². The molecular weight excluding hydrogens is 342 g/mol. The van der Waals surface area contributed by atoms with Gasteiger partial charge in [-0.15, -0.1) is 0 Å². The Kier molecular flexibility index (Phi) is 5.00. The van der Waals surface area contributed by atoms with Crippen molar-refractivity contribution in [1.82, 2.24) is 5.43 Å². The van der Waals surface area contributed by atoms with E-state index in [0.717, 1.165) is 5.56 Å². The van der Waals surface area contributed by atoms with Gasteiger partial charge in [-0.25, -0.2) is 5.43 Å². The van der Waals surface area contributed by atoms with Crippen LogP contribution in [0.1, 0.15) is 18.4 Å². The Morgan fingerprint density at radius 3 is 2.80 bits per heavy atom. The molecule has 128 valence electrons. The van der Waals surface area contributed by atoms with Crippen LogP contribution in [-0.4, -0.2) is 17.5 Å². The molecule has 0 saturated heterocycles. The number of carbonyl (C=O) groups is 2. The van der Waals surface area contributed by atoms with Gasteiger partial charge < -0.3 is 10.1 Å². The summed E-state index contributed by atoms with van der Waals surface area (Å²) in [5.41, 5.74) is 4.04. The third-order valence-electron chi connectivity index (χ3n) is 3.57. The Morgan fingerprint density at radius 2 is 2.08 bits per heavy atom. The van der Waals surface area contributed by atoms with E-state index >= 15 is 0 Å². The number of hydrogen-bond acceptors (Lipinski definition) is 4. The largest absolute Gasteiger partial charge is 0.455 e. The lowest BCUT2D eigenvalue weighted by molar-refractivity contribution is -0.121. The maximum Gasteiger partial charge on any atom is 0.271 e. The van der Waals surface area contributed by atoms with E-state index < -0.39 is 5.91 Å². The monoisotopic (exact) mass is 357 g/mol. The molecule has 2 aromatic carbocycles. The first-order valence-corrected chi connectivity index (χ1v) is 8.10. The van der Waals surface area contributed by atoms with E-state index in [1.165, 1.54) is 0 Å². The Morgan fingerprint density at radius 1 is 1.24 bits per heavy atom. The van der Waals surface area contributed by atoms with Gasteiger partial charge in [-0.3, -0.25) is 9.59 Å². The lowest BCUT2D eigenvalue weighted by Crippen LogP contribution is -2.32. The van der Waals surface area contributed by atoms with Crippen LogP contribution in [0.15, 0.2) is 47.6 Å². The molecule has 0 aromatic heterocycles. The van der Waals surface area contributed by atoms with Crippen LogP contribution in [0.25, 0.3) is 0 Å². The standard InChI is InChI=1S/C18H16ClN3O3/c1-11-3-2-4-13(9-11)25-16-7-5-12(19)10-15(16)20-18(24)14-6-8-17(23)22-21-14/h2-5,7,9-10H,6,8H2,1H3,(H,20,24)(H,22,23). The van der Waals surface area contributed by atoms with Gasteiger partial charge in [0.1, 0.15) is 11.5 Å². The Bertz CT molecular complexity index is 864. The minimum absolute atomic E-state index is 0.206. The number of nitrogens with one attached hydrogen (secondary N) is 2. The van der Waals surface area contributed by atoms with Gasteiger partial charge in [0.15, 0.2) is 5.75 Å². The first-order chi connectivity index (χ1) is 12.0. The summed E-state index contributed by atoms with van der Waals surface area (Å²) in [6, 6.07) is 12.5. The molecule has 25 heavy (non-hydrogen) atoms. The van der Waals surface area contributed by atoms with E-state index in [1.54, 1.807) is 18.2 Å². The van der Waals surface area contributed by atoms with E-state index in [1.807, 2.05) is 31.2 Å². The molecule has 2 N–H and O–H groups in total. The van der Waals surface area contributed by atoms with Gasteiger partial charge in [-0.2, -0.15) is 5.10 Å². The highest BCUT2D eigenvalue weighted by Gasteiger charge is 2.19. The summed E-state index contributed by atoms with van der Waals surface area (Å²) in [6.45, 7) is 1.97. The second kappa shape index (κ2) is 7.36. The molecule has 0 radical (unpaired) electrons. The quantitative estimate of drug-likeness (QED) is 0.876. The smallest absolute Gasteiger partial charge is 0.271 e. The molecule has 0 bridgehead atoms. The molecule has 0 aliphatic carbocycles. The van der Waals surface area contributed by atoms with Gasteiger partial charge in [-0.05, 0) is 42.8 Å². The number of rotatable bonds is 4. The fraction of sp³-hybridized carbons (Fsp3) is 0.167. The molecule has 2 amide bonds. The van der Waals surface area contributed by atoms with Crippen molar-refractivity contribution < 1.29 is 14.3 Å². The van der Waals surface area contributed by atoms with Gasteiger partial charge in [0.2, 0.25) is 5.91 Å². The summed E-state index contributed by atoms with van der Waals surface area (Å²) in [5, 5.41) is 6.99. The molecule has 0 spiro atoms. The highest BCUT2D eigenvalue weighted by Crippen LogP contribution is 2.32. The lowest BCUT2D eigenvalue weighted by Gasteiger charge is -2.15. The van der Waals surface area contributed by atoms with Crippen molar-refractivity contribution in [3.05, 3.63) is 53.1 Å². The second-order valence-electron chi connectivity index (χ2n) is 5.61. The van der Waals surface area contributed by atoms with E-state index in [2.05, 4.69) is 15.8 Å². The summed E-state index contributed by atoms with van der Waals surface area (Å²) < 4.78 is 5.87. The summed E-state index contributed by atoms with van der Waals surface area (Å²) >= 11 is 6.04. The van der Waals surface area contributed by atoms with Gasteiger partial charge in [0.05, 0.1) is 5.69 Å². The fourth-order valence-corrected chi connectivity index (χ4v) is 2.50. The lowest BCUT2D eigenvalue weighted by atomic mass is 10.1. The number of hydrogen-bond donors (Lipinski definition) is 2. The molecule has 2 aromatic rings. The summed E-state index contributed by atoms with van der Waals surface area (Å²) in [5.74, 6) is 0.503. The number of halogens is 1. The van der Waals surface area contributed by atoms with Crippen molar-refractivity contribution in [3.8, 4) is 11.5 Å². The maximum atomic E-state index is 12.4. The van der Waals surface area contributed by atoms with Crippen LogP contribution in [0.4, 0.5) is 5.69 Å². The number of benzene rings is 2. The summed E-state index contributed by atoms with van der Waals surface area (Å²) in [6.07, 6.45) is 0.515. The molecule has 0 fully saturated rings. The fourth-order valence-electron chi connectivity index (χ4n) is 2.33. The van der Waals surface area contributed by atoms with Crippen molar-refractivity contribution in [2.24, 2.45) is 5.10 Å².